The summed E-state index contributed by atoms with van der Waals surface area (Å²) < 4.78 is 108. The topological polar surface area (TPSA) is 80.3 Å². The van der Waals surface area contributed by atoms with Crippen molar-refractivity contribution in [2.24, 2.45) is 0 Å². The molecule has 5 nitrogen and oxygen atoms in total. The van der Waals surface area contributed by atoms with Crippen molar-refractivity contribution in [3.8, 4) is 0 Å². The van der Waals surface area contributed by atoms with E-state index in [-0.39, 0.29) is 37.7 Å². The average molecular weight is 323 g/mol. The van der Waals surface area contributed by atoms with Crippen LogP contribution >= 0.6 is 0 Å². The van der Waals surface area contributed by atoms with Crippen molar-refractivity contribution in [3.05, 3.63) is 0 Å². The molecular weight excluding hydrogens is 320 g/mol. The number of hydrogen-bond donors (Lipinski definition) is 1. The van der Waals surface area contributed by atoms with Crippen LogP contribution in [-0.2, 0) is 20.0 Å². The second kappa shape index (κ2) is 5.14. The Labute approximate surface area is 115 Å². The molecule has 96 valence electrons. The normalized spacial score (nSPS) is 14.4. The van der Waals surface area contributed by atoms with Gasteiger partial charge in [0.1, 0.15) is 0 Å². The Morgan fingerprint density at radius 3 is 1.00 bits per heavy atom. The van der Waals surface area contributed by atoms with E-state index in [4.69, 9.17) is 0 Å². The summed E-state index contributed by atoms with van der Waals surface area (Å²) in [7, 11) is -13.2. The third-order valence-corrected chi connectivity index (χ3v) is 3.80. The van der Waals surface area contributed by atoms with Crippen molar-refractivity contribution in [3.63, 3.8) is 0 Å². The van der Waals surface area contributed by atoms with Crippen molar-refractivity contribution in [1.82, 2.24) is 4.13 Å². The molecule has 0 aromatic heterocycles. The Balaban J connectivity index is 0. The van der Waals surface area contributed by atoms with Crippen LogP contribution in [0.4, 0.5) is 26.3 Å². The third kappa shape index (κ3) is 4.52. The van der Waals surface area contributed by atoms with Gasteiger partial charge in [0.15, 0.2) is 0 Å². The molecule has 0 saturated heterocycles. The Kier molecular flexibility index (Phi) is 6.12. The molecule has 0 aromatic carbocycles. The van der Waals surface area contributed by atoms with Crippen LogP contribution in [-0.4, -0.2) is 65.6 Å². The number of sulfonamides is 2. The predicted octanol–water partition coefficient (Wildman–Crippen LogP) is -0.641. The van der Waals surface area contributed by atoms with Crippen LogP contribution in [0.5, 0.6) is 0 Å². The molecule has 0 amide bonds. The zero-order chi connectivity index (χ0) is 12.7. The quantitative estimate of drug-likeness (QED) is 0.541. The van der Waals surface area contributed by atoms with Crippen LogP contribution in [0.1, 0.15) is 0 Å². The Morgan fingerprint density at radius 1 is 0.688 bits per heavy atom. The van der Waals surface area contributed by atoms with Gasteiger partial charge in [-0.2, -0.15) is 26.3 Å². The van der Waals surface area contributed by atoms with Crippen LogP contribution in [0.3, 0.4) is 0 Å². The fraction of sp³-hybridized carbons (Fsp3) is 1.00. The van der Waals surface area contributed by atoms with E-state index in [1.54, 1.807) is 0 Å². The SMILES string of the molecule is O=S(=O)(NS(=O)(=O)C(F)(F)F)C(F)(F)F.[CaH2]. The maximum atomic E-state index is 11.5. The standard InChI is InChI=1S/C2HF6NO4S2.Ca.2H/c3-1(4,5)14(10,11)9-15(12,13)2(6,7)8;;;/h9H;;;. The second-order valence-corrected chi connectivity index (χ2v) is 5.59. The Hall–Kier alpha value is 0.700. The maximum absolute atomic E-state index is 11.5. The van der Waals surface area contributed by atoms with Crippen molar-refractivity contribution >= 4 is 57.8 Å². The molecule has 0 saturated carbocycles. The second-order valence-electron chi connectivity index (χ2n) is 1.98. The summed E-state index contributed by atoms with van der Waals surface area (Å²) in [6, 6.07) is 0. The van der Waals surface area contributed by atoms with Crippen LogP contribution in [0, 0.1) is 0 Å². The number of rotatable bonds is 2. The first-order valence-corrected chi connectivity index (χ1v) is 5.58. The van der Waals surface area contributed by atoms with Gasteiger partial charge in [0.25, 0.3) is 0 Å². The molecule has 0 spiro atoms. The van der Waals surface area contributed by atoms with Gasteiger partial charge < -0.3 is 0 Å². The zero-order valence-electron chi connectivity index (χ0n) is 6.22. The van der Waals surface area contributed by atoms with Crippen LogP contribution in [0.2, 0.25) is 0 Å². The van der Waals surface area contributed by atoms with Gasteiger partial charge >= 0.3 is 68.8 Å². The number of hydrogen-bond acceptors (Lipinski definition) is 4. The molecule has 0 aromatic rings. The van der Waals surface area contributed by atoms with Gasteiger partial charge in [-0.25, -0.2) is 16.8 Å². The summed E-state index contributed by atoms with van der Waals surface area (Å²) in [5.74, 6) is 0. The molecular formula is C2H3CaF6NO4S2. The molecule has 0 atom stereocenters. The Morgan fingerprint density at radius 2 is 0.875 bits per heavy atom. The summed E-state index contributed by atoms with van der Waals surface area (Å²) in [5.41, 5.74) is -12.3. The molecule has 0 aliphatic heterocycles. The molecule has 0 rings (SSSR count). The van der Waals surface area contributed by atoms with Crippen molar-refractivity contribution in [2.45, 2.75) is 11.0 Å². The summed E-state index contributed by atoms with van der Waals surface area (Å²) >= 11 is 0. The van der Waals surface area contributed by atoms with Crippen molar-refractivity contribution < 1.29 is 43.2 Å². The molecule has 0 heterocycles. The molecule has 0 aliphatic carbocycles. The van der Waals surface area contributed by atoms with E-state index in [1.807, 2.05) is 0 Å². The van der Waals surface area contributed by atoms with Crippen molar-refractivity contribution in [2.75, 3.05) is 0 Å². The molecule has 14 heteroatoms. The average Bonchev–Trinajstić information content (AvgIpc) is 1.77. The van der Waals surface area contributed by atoms with E-state index in [0.717, 1.165) is 0 Å². The predicted molar refractivity (Wildman–Crippen MR) is 41.6 cm³/mol. The molecule has 1 N–H and O–H groups in total. The van der Waals surface area contributed by atoms with E-state index < -0.39 is 35.2 Å². The first kappa shape index (κ1) is 19.0. The third-order valence-electron chi connectivity index (χ3n) is 0.829. The minimum atomic E-state index is -6.60. The first-order chi connectivity index (χ1) is 6.21. The number of halogens is 6. The Bertz CT molecular complexity index is 390. The van der Waals surface area contributed by atoms with E-state index in [1.165, 1.54) is 0 Å². The fourth-order valence-electron chi connectivity index (χ4n) is 0.239. The van der Waals surface area contributed by atoms with Gasteiger partial charge in [-0.3, -0.25) is 0 Å². The fourth-order valence-corrected chi connectivity index (χ4v) is 2.15. The zero-order valence-corrected chi connectivity index (χ0v) is 7.85. The van der Waals surface area contributed by atoms with E-state index in [9.17, 15) is 43.2 Å². The molecule has 0 fully saturated rings. The molecule has 0 aliphatic rings. The van der Waals surface area contributed by atoms with E-state index in [0.29, 0.717) is 0 Å². The minimum absolute atomic E-state index is 0. The van der Waals surface area contributed by atoms with Crippen LogP contribution in [0.15, 0.2) is 0 Å². The van der Waals surface area contributed by atoms with Gasteiger partial charge in [0.05, 0.1) is 0 Å². The molecule has 0 bridgehead atoms. The first-order valence-electron chi connectivity index (χ1n) is 2.62. The van der Waals surface area contributed by atoms with E-state index >= 15 is 0 Å². The van der Waals surface area contributed by atoms with Gasteiger partial charge in [-0.1, -0.05) is 4.13 Å². The molecule has 16 heavy (non-hydrogen) atoms. The monoisotopic (exact) mass is 323 g/mol. The molecule has 0 radical (unpaired) electrons. The molecule has 0 unspecified atom stereocenters. The summed E-state index contributed by atoms with van der Waals surface area (Å²) in [4.78, 5) is 0. The van der Waals surface area contributed by atoms with Crippen LogP contribution < -0.4 is 4.13 Å². The number of nitrogens with one attached hydrogen (secondary N) is 1. The number of alkyl halides is 6. The van der Waals surface area contributed by atoms with Gasteiger partial charge in [0, 0.05) is 0 Å². The van der Waals surface area contributed by atoms with Crippen molar-refractivity contribution in [1.29, 1.82) is 0 Å². The van der Waals surface area contributed by atoms with Crippen LogP contribution in [0.25, 0.3) is 0 Å². The summed E-state index contributed by atoms with van der Waals surface area (Å²) in [5, 5.41) is 0. The van der Waals surface area contributed by atoms with Gasteiger partial charge in [-0.15, -0.1) is 0 Å². The summed E-state index contributed by atoms with van der Waals surface area (Å²) in [6.45, 7) is 0. The summed E-state index contributed by atoms with van der Waals surface area (Å²) in [6.07, 6.45) is 0. The van der Waals surface area contributed by atoms with Gasteiger partial charge in [-0.05, 0) is 0 Å². The van der Waals surface area contributed by atoms with E-state index in [2.05, 4.69) is 0 Å². The van der Waals surface area contributed by atoms with Gasteiger partial charge in [0.2, 0.25) is 0 Å².